The molecule has 0 saturated carbocycles. The van der Waals surface area contributed by atoms with Gasteiger partial charge in [0.05, 0.1) is 22.5 Å². The van der Waals surface area contributed by atoms with Gasteiger partial charge in [-0.25, -0.2) is 15.0 Å². The van der Waals surface area contributed by atoms with Crippen LogP contribution in [0.1, 0.15) is 16.1 Å². The summed E-state index contributed by atoms with van der Waals surface area (Å²) in [6.07, 6.45) is -1.94. The predicted octanol–water partition coefficient (Wildman–Crippen LogP) is 5.16. The Morgan fingerprint density at radius 3 is 2.80 bits per heavy atom. The van der Waals surface area contributed by atoms with Crippen LogP contribution in [0.3, 0.4) is 0 Å². The predicted molar refractivity (Wildman–Crippen MR) is 129 cm³/mol. The molecule has 13 heteroatoms. The van der Waals surface area contributed by atoms with Crippen LogP contribution in [0.5, 0.6) is 11.5 Å². The number of hydrogen-bond donors (Lipinski definition) is 3. The van der Waals surface area contributed by atoms with Gasteiger partial charge in [0.25, 0.3) is 0 Å². The molecule has 4 aromatic rings. The molecule has 0 spiro atoms. The quantitative estimate of drug-likeness (QED) is 0.295. The van der Waals surface area contributed by atoms with Gasteiger partial charge in [0.1, 0.15) is 11.6 Å². The second-order valence-electron chi connectivity index (χ2n) is 7.50. The highest BCUT2D eigenvalue weighted by Gasteiger charge is 2.43. The van der Waals surface area contributed by atoms with Gasteiger partial charge in [0.15, 0.2) is 16.6 Å². The third-order valence-corrected chi connectivity index (χ3v) is 6.49. The van der Waals surface area contributed by atoms with Gasteiger partial charge < -0.3 is 25.4 Å². The van der Waals surface area contributed by atoms with Crippen LogP contribution in [0, 0.1) is 6.92 Å². The number of aryl methyl sites for hydroxylation is 1. The Balaban J connectivity index is 1.18. The second kappa shape index (κ2) is 9.43. The minimum Gasteiger partial charge on any atom is -0.395 e. The Morgan fingerprint density at radius 1 is 1.11 bits per heavy atom. The first-order chi connectivity index (χ1) is 16.8. The second-order valence-corrected chi connectivity index (χ2v) is 9.30. The van der Waals surface area contributed by atoms with E-state index in [0.717, 1.165) is 21.3 Å². The average molecular weight is 517 g/mol. The summed E-state index contributed by atoms with van der Waals surface area (Å²) >= 11 is 2.85. The summed E-state index contributed by atoms with van der Waals surface area (Å²) in [4.78, 5) is 26.3. The van der Waals surface area contributed by atoms with E-state index < -0.39 is 6.29 Å². The van der Waals surface area contributed by atoms with Crippen LogP contribution in [0.2, 0.25) is 0 Å². The highest BCUT2D eigenvalue weighted by Crippen LogP contribution is 2.42. The van der Waals surface area contributed by atoms with Crippen molar-refractivity contribution in [1.82, 2.24) is 15.0 Å². The minimum absolute atomic E-state index is 0.0597. The maximum absolute atomic E-state index is 13.2. The molecule has 3 aromatic heterocycles. The number of aromatic nitrogens is 3. The Hall–Kier alpha value is -3.84. The van der Waals surface area contributed by atoms with Crippen LogP contribution in [0.4, 0.5) is 31.2 Å². The van der Waals surface area contributed by atoms with Crippen LogP contribution in [-0.2, 0) is 17.8 Å². The number of thiazole rings is 2. The molecule has 5 rings (SSSR count). The van der Waals surface area contributed by atoms with Crippen LogP contribution < -0.4 is 25.4 Å². The summed E-state index contributed by atoms with van der Waals surface area (Å²) in [5.41, 5.74) is 3.88. The largest absolute Gasteiger partial charge is 0.586 e. The molecule has 4 heterocycles. The first kappa shape index (κ1) is 22.9. The van der Waals surface area contributed by atoms with Crippen molar-refractivity contribution in [3.05, 3.63) is 63.6 Å². The number of anilines is 4. The lowest BCUT2D eigenvalue weighted by Gasteiger charge is -2.09. The molecule has 0 saturated heterocycles. The van der Waals surface area contributed by atoms with E-state index in [1.165, 1.54) is 40.9 Å². The lowest BCUT2D eigenvalue weighted by Crippen LogP contribution is -2.25. The molecule has 0 aliphatic carbocycles. The first-order valence-corrected chi connectivity index (χ1v) is 12.1. The van der Waals surface area contributed by atoms with Crippen LogP contribution in [0.15, 0.2) is 47.4 Å². The number of benzene rings is 1. The van der Waals surface area contributed by atoms with E-state index in [-0.39, 0.29) is 23.8 Å². The normalized spacial score (nSPS) is 13.5. The van der Waals surface area contributed by atoms with Gasteiger partial charge in [0, 0.05) is 29.9 Å². The topological polar surface area (TPSA) is 110 Å². The molecule has 35 heavy (non-hydrogen) atoms. The summed E-state index contributed by atoms with van der Waals surface area (Å²) in [6, 6.07) is 7.87. The molecule has 0 unspecified atom stereocenters. The van der Waals surface area contributed by atoms with E-state index in [0.29, 0.717) is 23.9 Å². The maximum atomic E-state index is 13.2. The van der Waals surface area contributed by atoms with Crippen LogP contribution in [-0.4, -0.2) is 27.2 Å². The van der Waals surface area contributed by atoms with E-state index in [1.54, 1.807) is 11.7 Å². The molecule has 9 nitrogen and oxygen atoms in total. The van der Waals surface area contributed by atoms with Crippen molar-refractivity contribution in [3.8, 4) is 11.5 Å². The van der Waals surface area contributed by atoms with Crippen molar-refractivity contribution >= 4 is 51.0 Å². The fourth-order valence-corrected chi connectivity index (χ4v) is 4.71. The van der Waals surface area contributed by atoms with E-state index in [4.69, 9.17) is 0 Å². The number of carbonyl (C=O) groups is 1. The number of pyridine rings is 1. The molecular weight excluding hydrogens is 498 g/mol. The van der Waals surface area contributed by atoms with Crippen molar-refractivity contribution in [3.63, 3.8) is 0 Å². The fraction of sp³-hybridized carbons (Fsp3) is 0.182. The van der Waals surface area contributed by atoms with Gasteiger partial charge in [-0.05, 0) is 36.8 Å². The molecule has 0 bridgehead atoms. The van der Waals surface area contributed by atoms with Crippen molar-refractivity contribution in [2.45, 2.75) is 26.2 Å². The highest BCUT2D eigenvalue weighted by molar-refractivity contribution is 7.13. The number of alkyl halides is 2. The number of halogens is 2. The minimum atomic E-state index is -3.71. The molecule has 1 aliphatic rings. The number of carbonyl (C=O) groups excluding carboxylic acids is 1. The maximum Gasteiger partial charge on any atom is 0.586 e. The van der Waals surface area contributed by atoms with Gasteiger partial charge in [-0.2, -0.15) is 0 Å². The van der Waals surface area contributed by atoms with Crippen molar-refractivity contribution in [2.24, 2.45) is 0 Å². The third kappa shape index (κ3) is 5.63. The molecule has 1 amide bonds. The lowest BCUT2D eigenvalue weighted by molar-refractivity contribution is -0.286. The van der Waals surface area contributed by atoms with Gasteiger partial charge in [-0.3, -0.25) is 4.79 Å². The number of fused-ring (bicyclic) bond motifs is 1. The third-order valence-electron chi connectivity index (χ3n) is 4.79. The lowest BCUT2D eigenvalue weighted by atomic mass is 10.2. The van der Waals surface area contributed by atoms with Crippen molar-refractivity contribution < 1.29 is 23.0 Å². The summed E-state index contributed by atoms with van der Waals surface area (Å²) < 4.78 is 35.2. The summed E-state index contributed by atoms with van der Waals surface area (Å²) in [7, 11) is 0. The standard InChI is InChI=1S/C22H18F2N6O3S2/c1-12-10-34-21(28-12)30-18-6-13(4-5-25-18)9-26-20-17(35-11-27-20)8-19(31)29-14-2-3-15-16(7-14)33-22(23,24)32-15/h2-7,10-11,26H,8-9H2,1H3,(H,29,31)(H,25,28,30). The number of nitrogens with one attached hydrogen (secondary N) is 3. The Kier molecular flexibility index (Phi) is 6.17. The zero-order valence-electron chi connectivity index (χ0n) is 18.2. The first-order valence-electron chi connectivity index (χ1n) is 10.3. The SMILES string of the molecule is Cc1csc(Nc2cc(CNc3ncsc3CC(=O)Nc3ccc4c(c3)OC(F)(F)O4)ccn2)n1. The average Bonchev–Trinajstić information content (AvgIpc) is 3.49. The number of hydrogen-bond acceptors (Lipinski definition) is 10. The molecule has 0 atom stereocenters. The Morgan fingerprint density at radius 2 is 1.97 bits per heavy atom. The monoisotopic (exact) mass is 516 g/mol. The van der Waals surface area contributed by atoms with Crippen LogP contribution in [0.25, 0.3) is 0 Å². The fourth-order valence-electron chi connectivity index (χ4n) is 3.28. The molecule has 180 valence electrons. The molecular formula is C22H18F2N6O3S2. The summed E-state index contributed by atoms with van der Waals surface area (Å²) in [6.45, 7) is 2.40. The summed E-state index contributed by atoms with van der Waals surface area (Å²) in [5, 5.41) is 11.8. The molecule has 3 N–H and O–H groups in total. The van der Waals surface area contributed by atoms with Gasteiger partial charge in [0.2, 0.25) is 5.91 Å². The smallest absolute Gasteiger partial charge is 0.395 e. The Bertz CT molecular complexity index is 1380. The van der Waals surface area contributed by atoms with Gasteiger partial charge >= 0.3 is 6.29 Å². The molecule has 0 fully saturated rings. The highest BCUT2D eigenvalue weighted by atomic mass is 32.1. The molecule has 1 aliphatic heterocycles. The Labute approximate surface area is 206 Å². The molecule has 0 radical (unpaired) electrons. The number of rotatable bonds is 8. The zero-order valence-corrected chi connectivity index (χ0v) is 19.8. The molecule has 1 aromatic carbocycles. The van der Waals surface area contributed by atoms with Crippen LogP contribution >= 0.6 is 22.7 Å². The number of nitrogens with zero attached hydrogens (tertiary/aromatic N) is 3. The van der Waals surface area contributed by atoms with E-state index in [1.807, 2.05) is 24.4 Å². The zero-order chi connectivity index (χ0) is 24.4. The van der Waals surface area contributed by atoms with Gasteiger partial charge in [-0.1, -0.05) is 0 Å². The van der Waals surface area contributed by atoms with Crippen molar-refractivity contribution in [2.75, 3.05) is 16.0 Å². The van der Waals surface area contributed by atoms with Crippen molar-refractivity contribution in [1.29, 1.82) is 0 Å². The van der Waals surface area contributed by atoms with E-state index in [2.05, 4.69) is 40.4 Å². The van der Waals surface area contributed by atoms with E-state index >= 15 is 0 Å². The summed E-state index contributed by atoms with van der Waals surface area (Å²) in [5.74, 6) is 0.731. The van der Waals surface area contributed by atoms with E-state index in [9.17, 15) is 13.6 Å². The van der Waals surface area contributed by atoms with Gasteiger partial charge in [-0.15, -0.1) is 31.5 Å². The number of amides is 1. The number of ether oxygens (including phenoxy) is 2.